The molecule has 0 aliphatic heterocycles. The first-order valence-electron chi connectivity index (χ1n) is 12.0. The average molecular weight is 413 g/mol. The van der Waals surface area contributed by atoms with E-state index in [1.54, 1.807) is 13.8 Å². The van der Waals surface area contributed by atoms with Gasteiger partial charge in [0.1, 0.15) is 5.92 Å². The Bertz CT molecular complexity index is 433. The molecule has 0 spiro atoms. The van der Waals surface area contributed by atoms with Gasteiger partial charge in [-0.3, -0.25) is 9.59 Å². The van der Waals surface area contributed by atoms with Crippen molar-refractivity contribution in [1.29, 1.82) is 0 Å². The molecule has 0 radical (unpaired) electrons. The summed E-state index contributed by atoms with van der Waals surface area (Å²) in [6.45, 7) is 5.90. The summed E-state index contributed by atoms with van der Waals surface area (Å²) in [5, 5.41) is 0. The fraction of sp³-hybridized carbons (Fsp3) is 0.875. The first-order valence-corrected chi connectivity index (χ1v) is 12.0. The maximum Gasteiger partial charge on any atom is 0.375 e. The predicted molar refractivity (Wildman–Crippen MR) is 117 cm³/mol. The number of ketones is 1. The fourth-order valence-electron chi connectivity index (χ4n) is 3.49. The van der Waals surface area contributed by atoms with Crippen LogP contribution in [0.25, 0.3) is 0 Å². The molecule has 0 N–H and O–H groups in total. The Morgan fingerprint density at radius 1 is 0.586 bits per heavy atom. The third-order valence-electron chi connectivity index (χ3n) is 5.21. The minimum absolute atomic E-state index is 0.124. The minimum atomic E-state index is -1.02. The Labute approximate surface area is 178 Å². The van der Waals surface area contributed by atoms with E-state index in [4.69, 9.17) is 9.47 Å². The van der Waals surface area contributed by atoms with Gasteiger partial charge in [-0.1, -0.05) is 96.8 Å². The summed E-state index contributed by atoms with van der Waals surface area (Å²) in [5.74, 6) is -3.34. The van der Waals surface area contributed by atoms with Crippen LogP contribution in [0.5, 0.6) is 0 Å². The van der Waals surface area contributed by atoms with E-state index in [1.807, 2.05) is 0 Å². The molecule has 0 aliphatic carbocycles. The fourth-order valence-corrected chi connectivity index (χ4v) is 3.49. The van der Waals surface area contributed by atoms with E-state index in [9.17, 15) is 14.4 Å². The van der Waals surface area contributed by atoms with E-state index in [0.717, 1.165) is 19.3 Å². The molecule has 5 heteroatoms. The predicted octanol–water partition coefficient (Wildman–Crippen LogP) is 6.17. The second-order valence-corrected chi connectivity index (χ2v) is 7.77. The highest BCUT2D eigenvalue weighted by atomic mass is 16.5. The topological polar surface area (TPSA) is 69.7 Å². The Morgan fingerprint density at radius 2 is 1.00 bits per heavy atom. The van der Waals surface area contributed by atoms with Crippen molar-refractivity contribution in [1.82, 2.24) is 0 Å². The van der Waals surface area contributed by atoms with E-state index in [2.05, 4.69) is 6.92 Å². The number of carbonyl (C=O) groups is 3. The SMILES string of the molecule is CCCCCCCCCCCCCCCCC(C(=O)OCC)C(=O)C(=O)OCC. The molecule has 0 saturated carbocycles. The van der Waals surface area contributed by atoms with Crippen molar-refractivity contribution < 1.29 is 23.9 Å². The lowest BCUT2D eigenvalue weighted by atomic mass is 9.96. The highest BCUT2D eigenvalue weighted by molar-refractivity contribution is 6.37. The monoisotopic (exact) mass is 412 g/mol. The maximum atomic E-state index is 12.1. The number of hydrogen-bond acceptors (Lipinski definition) is 5. The van der Waals surface area contributed by atoms with Crippen LogP contribution in [-0.4, -0.2) is 30.9 Å². The number of unbranched alkanes of at least 4 members (excludes halogenated alkanes) is 13. The molecule has 0 amide bonds. The number of rotatable bonds is 20. The van der Waals surface area contributed by atoms with Gasteiger partial charge in [0.05, 0.1) is 13.2 Å². The molecule has 1 unspecified atom stereocenters. The lowest BCUT2D eigenvalue weighted by molar-refractivity contribution is -0.162. The van der Waals surface area contributed by atoms with Crippen LogP contribution in [-0.2, 0) is 23.9 Å². The minimum Gasteiger partial charge on any atom is -0.465 e. The van der Waals surface area contributed by atoms with E-state index < -0.39 is 23.6 Å². The van der Waals surface area contributed by atoms with Crippen LogP contribution in [0.15, 0.2) is 0 Å². The van der Waals surface area contributed by atoms with Crippen molar-refractivity contribution in [2.24, 2.45) is 5.92 Å². The lowest BCUT2D eigenvalue weighted by Gasteiger charge is -2.13. The summed E-state index contributed by atoms with van der Waals surface area (Å²) in [6, 6.07) is 0. The Balaban J connectivity index is 3.81. The van der Waals surface area contributed by atoms with Gasteiger partial charge in [-0.15, -0.1) is 0 Å². The molecule has 0 rings (SSSR count). The van der Waals surface area contributed by atoms with Gasteiger partial charge in [0, 0.05) is 0 Å². The van der Waals surface area contributed by atoms with Gasteiger partial charge in [0.2, 0.25) is 0 Å². The molecule has 0 aromatic heterocycles. The summed E-state index contributed by atoms with van der Waals surface area (Å²) in [4.78, 5) is 35.8. The zero-order chi connectivity index (χ0) is 21.7. The lowest BCUT2D eigenvalue weighted by Crippen LogP contribution is -2.33. The summed E-state index contributed by atoms with van der Waals surface area (Å²) >= 11 is 0. The van der Waals surface area contributed by atoms with Crippen LogP contribution in [0.4, 0.5) is 0 Å². The quantitative estimate of drug-likeness (QED) is 0.103. The maximum absolute atomic E-state index is 12.1. The van der Waals surface area contributed by atoms with E-state index in [0.29, 0.717) is 6.42 Å². The van der Waals surface area contributed by atoms with E-state index in [1.165, 1.54) is 70.6 Å². The van der Waals surface area contributed by atoms with Gasteiger partial charge < -0.3 is 9.47 Å². The molecule has 5 nitrogen and oxygen atoms in total. The molecule has 0 aliphatic rings. The van der Waals surface area contributed by atoms with Crippen LogP contribution < -0.4 is 0 Å². The third-order valence-corrected chi connectivity index (χ3v) is 5.21. The van der Waals surface area contributed by atoms with Crippen molar-refractivity contribution in [3.63, 3.8) is 0 Å². The first kappa shape index (κ1) is 27.6. The number of carbonyl (C=O) groups excluding carboxylic acids is 3. The summed E-state index contributed by atoms with van der Waals surface area (Å²) in [5.41, 5.74) is 0. The first-order chi connectivity index (χ1) is 14.1. The molecular formula is C24H44O5. The van der Waals surface area contributed by atoms with Crippen molar-refractivity contribution in [3.8, 4) is 0 Å². The van der Waals surface area contributed by atoms with Crippen LogP contribution >= 0.6 is 0 Å². The number of hydrogen-bond donors (Lipinski definition) is 0. The molecule has 0 fully saturated rings. The van der Waals surface area contributed by atoms with Gasteiger partial charge in [-0.05, 0) is 20.3 Å². The molecule has 170 valence electrons. The van der Waals surface area contributed by atoms with Crippen molar-refractivity contribution in [2.75, 3.05) is 13.2 Å². The van der Waals surface area contributed by atoms with Crippen molar-refractivity contribution >= 4 is 17.7 Å². The molecule has 29 heavy (non-hydrogen) atoms. The largest absolute Gasteiger partial charge is 0.465 e. The van der Waals surface area contributed by atoms with Crippen LogP contribution in [0, 0.1) is 5.92 Å². The van der Waals surface area contributed by atoms with Crippen molar-refractivity contribution in [2.45, 2.75) is 117 Å². The van der Waals surface area contributed by atoms with Gasteiger partial charge in [0.15, 0.2) is 0 Å². The van der Waals surface area contributed by atoms with Crippen LogP contribution in [0.1, 0.15) is 117 Å². The summed E-state index contributed by atoms with van der Waals surface area (Å²) in [6.07, 6.45) is 17.8. The average Bonchev–Trinajstić information content (AvgIpc) is 2.70. The third kappa shape index (κ3) is 15.2. The highest BCUT2D eigenvalue weighted by Gasteiger charge is 2.33. The van der Waals surface area contributed by atoms with E-state index in [-0.39, 0.29) is 13.2 Å². The molecule has 0 heterocycles. The van der Waals surface area contributed by atoms with Crippen LogP contribution in [0.2, 0.25) is 0 Å². The van der Waals surface area contributed by atoms with Gasteiger partial charge in [0.25, 0.3) is 5.78 Å². The number of esters is 2. The van der Waals surface area contributed by atoms with Gasteiger partial charge >= 0.3 is 11.9 Å². The number of Topliss-reactive ketones (excluding diaryl/α,β-unsaturated/α-hetero) is 1. The van der Waals surface area contributed by atoms with Crippen molar-refractivity contribution in [3.05, 3.63) is 0 Å². The molecule has 1 atom stereocenters. The smallest absolute Gasteiger partial charge is 0.375 e. The molecule has 0 bridgehead atoms. The molecule has 0 aromatic carbocycles. The second-order valence-electron chi connectivity index (χ2n) is 7.77. The van der Waals surface area contributed by atoms with Crippen LogP contribution in [0.3, 0.4) is 0 Å². The molecule has 0 aromatic rings. The highest BCUT2D eigenvalue weighted by Crippen LogP contribution is 2.17. The summed E-state index contributed by atoms with van der Waals surface area (Å²) < 4.78 is 9.70. The normalized spacial score (nSPS) is 11.8. The standard InChI is InChI=1S/C24H44O5/c1-4-7-8-9-10-11-12-13-14-15-16-17-18-19-20-21(23(26)28-5-2)22(25)24(27)29-6-3/h21H,4-20H2,1-3H3. The van der Waals surface area contributed by atoms with Gasteiger partial charge in [-0.2, -0.15) is 0 Å². The van der Waals surface area contributed by atoms with E-state index >= 15 is 0 Å². The Morgan fingerprint density at radius 3 is 1.41 bits per heavy atom. The van der Waals surface area contributed by atoms with Gasteiger partial charge in [-0.25, -0.2) is 4.79 Å². The second kappa shape index (κ2) is 19.9. The Hall–Kier alpha value is -1.39. The Kier molecular flexibility index (Phi) is 19.0. The summed E-state index contributed by atoms with van der Waals surface area (Å²) in [7, 11) is 0. The zero-order valence-electron chi connectivity index (χ0n) is 19.1. The zero-order valence-corrected chi connectivity index (χ0v) is 19.1. The molecular weight excluding hydrogens is 368 g/mol. The molecule has 0 saturated heterocycles. The number of ether oxygens (including phenoxy) is 2.